The number of pyridine rings is 1. The molecule has 0 radical (unpaired) electrons. The van der Waals surface area contributed by atoms with Crippen LogP contribution in [0.25, 0.3) is 11.3 Å². The van der Waals surface area contributed by atoms with Crippen LogP contribution in [0.2, 0.25) is 0 Å². The summed E-state index contributed by atoms with van der Waals surface area (Å²) in [7, 11) is 0. The molecule has 4 nitrogen and oxygen atoms in total. The number of aromatic carboxylic acids is 1. The highest BCUT2D eigenvalue weighted by Gasteiger charge is 2.13. The SMILES string of the molecule is O=C(O)c1ccc(NCF)nc1-c1ccccc1. The highest BCUT2D eigenvalue weighted by molar-refractivity contribution is 5.95. The molecule has 1 aromatic heterocycles. The molecule has 0 saturated carbocycles. The minimum atomic E-state index is -1.06. The third-order valence-corrected chi connectivity index (χ3v) is 2.42. The van der Waals surface area contributed by atoms with Crippen molar-refractivity contribution in [2.45, 2.75) is 0 Å². The van der Waals surface area contributed by atoms with E-state index in [9.17, 15) is 9.18 Å². The maximum atomic E-state index is 12.2. The van der Waals surface area contributed by atoms with Crippen molar-refractivity contribution in [1.82, 2.24) is 4.98 Å². The molecule has 0 bridgehead atoms. The molecule has 18 heavy (non-hydrogen) atoms. The normalized spacial score (nSPS) is 10.1. The van der Waals surface area contributed by atoms with E-state index in [-0.39, 0.29) is 5.56 Å². The van der Waals surface area contributed by atoms with Crippen molar-refractivity contribution in [3.8, 4) is 11.3 Å². The third-order valence-electron chi connectivity index (χ3n) is 2.42. The summed E-state index contributed by atoms with van der Waals surface area (Å²) in [5.41, 5.74) is 1.09. The van der Waals surface area contributed by atoms with Crippen molar-refractivity contribution in [2.75, 3.05) is 12.1 Å². The quantitative estimate of drug-likeness (QED) is 0.814. The second-order valence-corrected chi connectivity index (χ2v) is 3.57. The lowest BCUT2D eigenvalue weighted by atomic mass is 10.1. The number of alkyl halides is 1. The van der Waals surface area contributed by atoms with E-state index in [0.29, 0.717) is 17.1 Å². The molecule has 1 heterocycles. The van der Waals surface area contributed by atoms with Crippen LogP contribution in [0.3, 0.4) is 0 Å². The van der Waals surface area contributed by atoms with E-state index < -0.39 is 12.8 Å². The predicted molar refractivity (Wildman–Crippen MR) is 66.2 cm³/mol. The topological polar surface area (TPSA) is 62.2 Å². The first kappa shape index (κ1) is 12.0. The molecule has 0 saturated heterocycles. The van der Waals surface area contributed by atoms with Crippen LogP contribution in [0.5, 0.6) is 0 Å². The lowest BCUT2D eigenvalue weighted by Crippen LogP contribution is -2.05. The Morgan fingerprint density at radius 3 is 2.56 bits per heavy atom. The molecule has 1 aromatic carbocycles. The molecule has 0 amide bonds. The fourth-order valence-electron chi connectivity index (χ4n) is 1.61. The lowest BCUT2D eigenvalue weighted by molar-refractivity contribution is 0.0697. The Balaban J connectivity index is 2.54. The lowest BCUT2D eigenvalue weighted by Gasteiger charge is -2.08. The van der Waals surface area contributed by atoms with Gasteiger partial charge >= 0.3 is 5.97 Å². The minimum absolute atomic E-state index is 0.0885. The van der Waals surface area contributed by atoms with E-state index in [1.54, 1.807) is 24.3 Å². The smallest absolute Gasteiger partial charge is 0.337 e. The van der Waals surface area contributed by atoms with Crippen LogP contribution in [0, 0.1) is 0 Å². The molecule has 0 atom stereocenters. The number of carboxylic acid groups (broad SMARTS) is 1. The second kappa shape index (κ2) is 5.27. The number of nitrogens with one attached hydrogen (secondary N) is 1. The zero-order valence-corrected chi connectivity index (χ0v) is 9.43. The third kappa shape index (κ3) is 2.45. The molecule has 0 aliphatic rings. The van der Waals surface area contributed by atoms with Gasteiger partial charge in [0.2, 0.25) is 0 Å². The van der Waals surface area contributed by atoms with Gasteiger partial charge < -0.3 is 10.4 Å². The number of carboxylic acids is 1. The Morgan fingerprint density at radius 2 is 1.94 bits per heavy atom. The van der Waals surface area contributed by atoms with Crippen molar-refractivity contribution in [2.24, 2.45) is 0 Å². The molecule has 2 aromatic rings. The first-order valence-corrected chi connectivity index (χ1v) is 5.32. The van der Waals surface area contributed by atoms with Crippen LogP contribution in [0.4, 0.5) is 10.2 Å². The molecule has 2 rings (SSSR count). The molecule has 0 aliphatic heterocycles. The van der Waals surface area contributed by atoms with Gasteiger partial charge in [0.05, 0.1) is 11.3 Å². The van der Waals surface area contributed by atoms with E-state index in [1.165, 1.54) is 12.1 Å². The number of hydrogen-bond acceptors (Lipinski definition) is 3. The molecule has 0 aliphatic carbocycles. The first-order chi connectivity index (χ1) is 8.72. The summed E-state index contributed by atoms with van der Waals surface area (Å²) >= 11 is 0. The molecule has 0 unspecified atom stereocenters. The van der Waals surface area contributed by atoms with Gasteiger partial charge in [0.1, 0.15) is 5.82 Å². The van der Waals surface area contributed by atoms with E-state index >= 15 is 0 Å². The summed E-state index contributed by atoms with van der Waals surface area (Å²) < 4.78 is 12.2. The van der Waals surface area contributed by atoms with Crippen molar-refractivity contribution < 1.29 is 14.3 Å². The molecule has 0 fully saturated rings. The van der Waals surface area contributed by atoms with Gasteiger partial charge in [-0.05, 0) is 12.1 Å². The Labute approximate surface area is 103 Å². The average molecular weight is 246 g/mol. The molecule has 5 heteroatoms. The highest BCUT2D eigenvalue weighted by atomic mass is 19.1. The van der Waals surface area contributed by atoms with Crippen LogP contribution in [0.1, 0.15) is 10.4 Å². The molecule has 0 spiro atoms. The standard InChI is InChI=1S/C13H11FN2O2/c14-8-15-11-7-6-10(13(17)18)12(16-11)9-4-2-1-3-5-9/h1-7H,8H2,(H,15,16)(H,17,18). The fourth-order valence-corrected chi connectivity index (χ4v) is 1.61. The van der Waals surface area contributed by atoms with Gasteiger partial charge in [-0.2, -0.15) is 0 Å². The maximum Gasteiger partial charge on any atom is 0.337 e. The zero-order valence-electron chi connectivity index (χ0n) is 9.43. The summed E-state index contributed by atoms with van der Waals surface area (Å²) in [6.45, 7) is -0.756. The number of benzene rings is 1. The van der Waals surface area contributed by atoms with Gasteiger partial charge in [0.25, 0.3) is 0 Å². The Bertz CT molecular complexity index is 558. The van der Waals surface area contributed by atoms with E-state index in [1.807, 2.05) is 6.07 Å². The molecular formula is C13H11FN2O2. The van der Waals surface area contributed by atoms with Crippen LogP contribution in [-0.2, 0) is 0 Å². The number of rotatable bonds is 4. The van der Waals surface area contributed by atoms with E-state index in [2.05, 4.69) is 10.3 Å². The van der Waals surface area contributed by atoms with Crippen molar-refractivity contribution >= 4 is 11.8 Å². The van der Waals surface area contributed by atoms with E-state index in [4.69, 9.17) is 5.11 Å². The van der Waals surface area contributed by atoms with Gasteiger partial charge in [-0.3, -0.25) is 0 Å². The van der Waals surface area contributed by atoms with Crippen LogP contribution < -0.4 is 5.32 Å². The number of anilines is 1. The first-order valence-electron chi connectivity index (χ1n) is 5.32. The highest BCUT2D eigenvalue weighted by Crippen LogP contribution is 2.23. The van der Waals surface area contributed by atoms with E-state index in [0.717, 1.165) is 0 Å². The van der Waals surface area contributed by atoms with Crippen LogP contribution in [0.15, 0.2) is 42.5 Å². The van der Waals surface area contributed by atoms with Crippen molar-refractivity contribution in [1.29, 1.82) is 0 Å². The number of carbonyl (C=O) groups is 1. The summed E-state index contributed by atoms with van der Waals surface area (Å²) in [4.78, 5) is 15.3. The average Bonchev–Trinajstić information content (AvgIpc) is 2.40. The van der Waals surface area contributed by atoms with Gasteiger partial charge in [-0.15, -0.1) is 0 Å². The van der Waals surface area contributed by atoms with Gasteiger partial charge in [0, 0.05) is 5.56 Å². The summed E-state index contributed by atoms with van der Waals surface area (Å²) in [6, 6.07) is 11.8. The monoisotopic (exact) mass is 246 g/mol. The minimum Gasteiger partial charge on any atom is -0.478 e. The summed E-state index contributed by atoms with van der Waals surface area (Å²) in [5.74, 6) is -0.755. The van der Waals surface area contributed by atoms with Crippen LogP contribution in [-0.4, -0.2) is 22.9 Å². The van der Waals surface area contributed by atoms with Crippen molar-refractivity contribution in [3.63, 3.8) is 0 Å². The number of halogens is 1. The maximum absolute atomic E-state index is 12.2. The summed E-state index contributed by atoms with van der Waals surface area (Å²) in [5, 5.41) is 11.5. The van der Waals surface area contributed by atoms with Crippen LogP contribution >= 0.6 is 0 Å². The molecule has 2 N–H and O–H groups in total. The molecular weight excluding hydrogens is 235 g/mol. The van der Waals surface area contributed by atoms with Gasteiger partial charge in [-0.1, -0.05) is 30.3 Å². The summed E-state index contributed by atoms with van der Waals surface area (Å²) in [6.07, 6.45) is 0. The number of hydrogen-bond donors (Lipinski definition) is 2. The van der Waals surface area contributed by atoms with Gasteiger partial charge in [0.15, 0.2) is 6.80 Å². The predicted octanol–water partition coefficient (Wildman–Crippen LogP) is 2.79. The zero-order chi connectivity index (χ0) is 13.0. The Kier molecular flexibility index (Phi) is 3.52. The Hall–Kier alpha value is -2.43. The number of aromatic nitrogens is 1. The number of nitrogens with zero attached hydrogens (tertiary/aromatic N) is 1. The van der Waals surface area contributed by atoms with Crippen molar-refractivity contribution in [3.05, 3.63) is 48.0 Å². The Morgan fingerprint density at radius 1 is 1.22 bits per heavy atom. The molecule has 92 valence electrons. The second-order valence-electron chi connectivity index (χ2n) is 3.57. The van der Waals surface area contributed by atoms with Gasteiger partial charge in [-0.25, -0.2) is 14.2 Å². The fraction of sp³-hybridized carbons (Fsp3) is 0.0769. The largest absolute Gasteiger partial charge is 0.478 e.